The SMILES string of the molecule is C[C@H](CCC(=O)O)[C@H]1C(O)(O)C[C@H]2[C@@H]3CC[C@@H]4CCCC[C@]4(C)[C@H]3CC[C@@]21C. The molecule has 0 saturated heterocycles. The van der Waals surface area contributed by atoms with Crippen LogP contribution in [-0.4, -0.2) is 27.1 Å². The molecule has 4 saturated carbocycles. The van der Waals surface area contributed by atoms with Crippen LogP contribution in [0.5, 0.6) is 0 Å². The normalized spacial score (nSPS) is 48.2. The maximum absolute atomic E-state index is 11.1. The summed E-state index contributed by atoms with van der Waals surface area (Å²) in [5, 5.41) is 31.3. The molecule has 4 rings (SSSR count). The molecule has 4 aliphatic rings. The zero-order valence-corrected chi connectivity index (χ0v) is 18.0. The first kappa shape index (κ1) is 20.7. The molecule has 0 aromatic rings. The van der Waals surface area contributed by atoms with Crippen LogP contribution in [0.1, 0.15) is 91.4 Å². The third-order valence-corrected chi connectivity index (χ3v) is 10.1. The van der Waals surface area contributed by atoms with Gasteiger partial charge < -0.3 is 15.3 Å². The van der Waals surface area contributed by atoms with Crippen molar-refractivity contribution in [2.75, 3.05) is 0 Å². The highest BCUT2D eigenvalue weighted by Crippen LogP contribution is 2.69. The number of carbonyl (C=O) groups is 1. The molecule has 28 heavy (non-hydrogen) atoms. The Balaban J connectivity index is 1.60. The van der Waals surface area contributed by atoms with E-state index in [-0.39, 0.29) is 23.7 Å². The van der Waals surface area contributed by atoms with Gasteiger partial charge in [-0.3, -0.25) is 4.79 Å². The third kappa shape index (κ3) is 3.05. The van der Waals surface area contributed by atoms with Crippen LogP contribution in [-0.2, 0) is 4.79 Å². The molecule has 0 aromatic carbocycles. The predicted octanol–water partition coefficient (Wildman–Crippen LogP) is 4.83. The quantitative estimate of drug-likeness (QED) is 0.599. The fourth-order valence-corrected chi connectivity index (χ4v) is 9.02. The molecule has 3 N–H and O–H groups in total. The van der Waals surface area contributed by atoms with Crippen LogP contribution < -0.4 is 0 Å². The van der Waals surface area contributed by atoms with Crippen LogP contribution in [0.25, 0.3) is 0 Å². The summed E-state index contributed by atoms with van der Waals surface area (Å²) in [5.74, 6) is -0.0928. The highest BCUT2D eigenvalue weighted by atomic mass is 16.5. The summed E-state index contributed by atoms with van der Waals surface area (Å²) in [5.41, 5.74) is 0.365. The van der Waals surface area contributed by atoms with Gasteiger partial charge in [0.2, 0.25) is 0 Å². The van der Waals surface area contributed by atoms with E-state index in [1.807, 2.05) is 6.92 Å². The molecule has 4 aliphatic carbocycles. The Labute approximate surface area is 170 Å². The molecule has 8 atom stereocenters. The first-order chi connectivity index (χ1) is 13.1. The van der Waals surface area contributed by atoms with E-state index in [2.05, 4.69) is 13.8 Å². The van der Waals surface area contributed by atoms with Gasteiger partial charge in [-0.05, 0) is 85.4 Å². The Bertz CT molecular complexity index is 616. The number of hydrogen-bond donors (Lipinski definition) is 3. The minimum absolute atomic E-state index is 0.0132. The van der Waals surface area contributed by atoms with Crippen molar-refractivity contribution in [1.29, 1.82) is 0 Å². The lowest BCUT2D eigenvalue weighted by atomic mass is 9.44. The van der Waals surface area contributed by atoms with E-state index in [4.69, 9.17) is 5.11 Å². The lowest BCUT2D eigenvalue weighted by Crippen LogP contribution is -2.53. The van der Waals surface area contributed by atoms with Gasteiger partial charge in [0.1, 0.15) is 0 Å². The fraction of sp³-hybridized carbons (Fsp3) is 0.958. The molecule has 0 spiro atoms. The molecule has 160 valence electrons. The minimum Gasteiger partial charge on any atom is -0.481 e. The topological polar surface area (TPSA) is 77.8 Å². The molecular formula is C24H40O4. The van der Waals surface area contributed by atoms with Crippen LogP contribution >= 0.6 is 0 Å². The van der Waals surface area contributed by atoms with Gasteiger partial charge in [-0.15, -0.1) is 0 Å². The van der Waals surface area contributed by atoms with Gasteiger partial charge in [-0.25, -0.2) is 0 Å². The van der Waals surface area contributed by atoms with E-state index >= 15 is 0 Å². The maximum Gasteiger partial charge on any atom is 0.303 e. The Morgan fingerprint density at radius 1 is 1.00 bits per heavy atom. The van der Waals surface area contributed by atoms with Crippen molar-refractivity contribution in [3.05, 3.63) is 0 Å². The van der Waals surface area contributed by atoms with Gasteiger partial charge >= 0.3 is 5.97 Å². The second kappa shape index (κ2) is 6.97. The molecule has 0 aromatic heterocycles. The second-order valence-corrected chi connectivity index (χ2v) is 11.4. The van der Waals surface area contributed by atoms with E-state index < -0.39 is 11.8 Å². The Morgan fingerprint density at radius 2 is 1.75 bits per heavy atom. The number of hydrogen-bond acceptors (Lipinski definition) is 3. The van der Waals surface area contributed by atoms with Crippen LogP contribution in [0.4, 0.5) is 0 Å². The first-order valence-corrected chi connectivity index (χ1v) is 11.8. The molecule has 0 unspecified atom stereocenters. The summed E-state index contributed by atoms with van der Waals surface area (Å²) >= 11 is 0. The van der Waals surface area contributed by atoms with Crippen LogP contribution in [0.15, 0.2) is 0 Å². The highest BCUT2D eigenvalue weighted by molar-refractivity contribution is 5.66. The van der Waals surface area contributed by atoms with Crippen LogP contribution in [0.3, 0.4) is 0 Å². The van der Waals surface area contributed by atoms with Crippen molar-refractivity contribution in [3.8, 4) is 0 Å². The van der Waals surface area contributed by atoms with E-state index in [1.165, 1.54) is 44.9 Å². The van der Waals surface area contributed by atoms with Crippen molar-refractivity contribution >= 4 is 5.97 Å². The van der Waals surface area contributed by atoms with Gasteiger partial charge in [0, 0.05) is 18.8 Å². The molecule has 0 heterocycles. The average Bonchev–Trinajstić information content (AvgIpc) is 2.84. The van der Waals surface area contributed by atoms with Gasteiger partial charge in [0.15, 0.2) is 5.79 Å². The largest absolute Gasteiger partial charge is 0.481 e. The fourth-order valence-electron chi connectivity index (χ4n) is 9.02. The Kier molecular flexibility index (Phi) is 5.14. The first-order valence-electron chi connectivity index (χ1n) is 11.8. The summed E-state index contributed by atoms with van der Waals surface area (Å²) in [7, 11) is 0. The predicted molar refractivity (Wildman–Crippen MR) is 108 cm³/mol. The van der Waals surface area contributed by atoms with E-state index in [0.717, 1.165) is 18.3 Å². The average molecular weight is 393 g/mol. The summed E-state index contributed by atoms with van der Waals surface area (Å²) in [6.45, 7) is 6.87. The number of fused-ring (bicyclic) bond motifs is 5. The van der Waals surface area contributed by atoms with Gasteiger partial charge in [-0.2, -0.15) is 0 Å². The highest BCUT2D eigenvalue weighted by Gasteiger charge is 2.66. The molecule has 4 fully saturated rings. The molecule has 0 amide bonds. The van der Waals surface area contributed by atoms with Crippen molar-refractivity contribution in [1.82, 2.24) is 0 Å². The molecular weight excluding hydrogens is 352 g/mol. The third-order valence-electron chi connectivity index (χ3n) is 10.1. The van der Waals surface area contributed by atoms with Crippen molar-refractivity contribution in [2.45, 2.75) is 97.2 Å². The lowest BCUT2D eigenvalue weighted by Gasteiger charge is -2.60. The summed E-state index contributed by atoms with van der Waals surface area (Å²) in [6.07, 6.45) is 11.4. The Hall–Kier alpha value is -0.610. The lowest BCUT2D eigenvalue weighted by molar-refractivity contribution is -0.211. The monoisotopic (exact) mass is 392 g/mol. The minimum atomic E-state index is -1.66. The van der Waals surface area contributed by atoms with Crippen molar-refractivity contribution < 1.29 is 20.1 Å². The van der Waals surface area contributed by atoms with E-state index in [1.54, 1.807) is 0 Å². The Morgan fingerprint density at radius 3 is 2.46 bits per heavy atom. The van der Waals surface area contributed by atoms with Gasteiger partial charge in [-0.1, -0.05) is 33.6 Å². The number of carboxylic acids is 1. The second-order valence-electron chi connectivity index (χ2n) is 11.4. The van der Waals surface area contributed by atoms with Gasteiger partial charge in [0.25, 0.3) is 0 Å². The molecule has 0 aliphatic heterocycles. The number of carboxylic acid groups (broad SMARTS) is 1. The van der Waals surface area contributed by atoms with Crippen LogP contribution in [0, 0.1) is 46.3 Å². The number of rotatable bonds is 4. The molecule has 4 heteroatoms. The van der Waals surface area contributed by atoms with Crippen LogP contribution in [0.2, 0.25) is 0 Å². The number of aliphatic hydroxyl groups is 2. The molecule has 0 radical (unpaired) electrons. The summed E-state index contributed by atoms with van der Waals surface area (Å²) in [4.78, 5) is 11.1. The van der Waals surface area contributed by atoms with Gasteiger partial charge in [0.05, 0.1) is 0 Å². The maximum atomic E-state index is 11.1. The smallest absolute Gasteiger partial charge is 0.303 e. The number of aliphatic carboxylic acids is 1. The summed E-state index contributed by atoms with van der Waals surface area (Å²) in [6, 6.07) is 0. The summed E-state index contributed by atoms with van der Waals surface area (Å²) < 4.78 is 0. The van der Waals surface area contributed by atoms with Crippen molar-refractivity contribution in [3.63, 3.8) is 0 Å². The van der Waals surface area contributed by atoms with Crippen molar-refractivity contribution in [2.24, 2.45) is 46.3 Å². The molecule has 0 bridgehead atoms. The molecule has 4 nitrogen and oxygen atoms in total. The standard InChI is InChI=1S/C24H40O4/c1-15(7-10-20(25)26)21-23(3)13-11-18-17(19(23)14-24(21,27)28)9-8-16-6-4-5-12-22(16,18)2/h15-19,21,27-28H,4-14H2,1-3H3,(H,25,26)/t15-,16+,17-,18+,19+,21-,22+,23+/m1/s1. The zero-order valence-electron chi connectivity index (χ0n) is 18.0. The van der Waals surface area contributed by atoms with E-state index in [0.29, 0.717) is 30.1 Å². The van der Waals surface area contributed by atoms with E-state index in [9.17, 15) is 15.0 Å². The zero-order chi connectivity index (χ0) is 20.3.